The highest BCUT2D eigenvalue weighted by Crippen LogP contribution is 2.34. The van der Waals surface area contributed by atoms with E-state index in [1.165, 1.54) is 0 Å². The molecule has 0 amide bonds. The van der Waals surface area contributed by atoms with Gasteiger partial charge in [0.15, 0.2) is 9.84 Å². The van der Waals surface area contributed by atoms with E-state index in [1.54, 1.807) is 4.90 Å². The van der Waals surface area contributed by atoms with E-state index >= 15 is 0 Å². The summed E-state index contributed by atoms with van der Waals surface area (Å²) in [7, 11) is -3.27. The number of para-hydroxylation sites is 1. The van der Waals surface area contributed by atoms with Gasteiger partial charge in [-0.2, -0.15) is 0 Å². The molecule has 1 saturated heterocycles. The van der Waals surface area contributed by atoms with E-state index in [1.807, 2.05) is 24.3 Å². The zero-order chi connectivity index (χ0) is 15.2. The van der Waals surface area contributed by atoms with Gasteiger partial charge in [-0.15, -0.1) is 0 Å². The molecule has 3 unspecified atom stereocenters. The number of nitrogens with zero attached hydrogens (tertiary/aromatic N) is 1. The molecule has 1 aromatic rings. The Morgan fingerprint density at radius 3 is 2.57 bits per heavy atom. The molecule has 3 rings (SSSR count). The molecule has 21 heavy (non-hydrogen) atoms. The van der Waals surface area contributed by atoms with Crippen molar-refractivity contribution < 1.29 is 23.4 Å². The minimum absolute atomic E-state index is 0.130. The third kappa shape index (κ3) is 2.63. The maximum atomic E-state index is 11.7. The van der Waals surface area contributed by atoms with Gasteiger partial charge in [-0.25, -0.2) is 8.42 Å². The van der Waals surface area contributed by atoms with Gasteiger partial charge in [0.1, 0.15) is 0 Å². The van der Waals surface area contributed by atoms with E-state index in [2.05, 4.69) is 0 Å². The van der Waals surface area contributed by atoms with E-state index in [0.29, 0.717) is 6.42 Å². The Labute approximate surface area is 122 Å². The van der Waals surface area contributed by atoms with Crippen LogP contribution in [0, 0.1) is 5.92 Å². The van der Waals surface area contributed by atoms with Crippen LogP contribution in [0.3, 0.4) is 0 Å². The molecular formula is C14H17NO5S. The monoisotopic (exact) mass is 311 g/mol. The number of carboxylic acid groups (broad SMARTS) is 1. The van der Waals surface area contributed by atoms with E-state index in [-0.39, 0.29) is 18.1 Å². The lowest BCUT2D eigenvalue weighted by Crippen LogP contribution is -2.49. The van der Waals surface area contributed by atoms with Crippen molar-refractivity contribution in [3.8, 4) is 0 Å². The van der Waals surface area contributed by atoms with Crippen LogP contribution >= 0.6 is 0 Å². The second kappa shape index (κ2) is 4.99. The summed E-state index contributed by atoms with van der Waals surface area (Å²) in [6.07, 6.45) is -0.548. The molecule has 0 aliphatic carbocycles. The van der Waals surface area contributed by atoms with Gasteiger partial charge in [0.25, 0.3) is 0 Å². The van der Waals surface area contributed by atoms with Crippen LogP contribution in [-0.4, -0.2) is 54.8 Å². The molecule has 3 atom stereocenters. The second-order valence-electron chi connectivity index (χ2n) is 5.73. The Morgan fingerprint density at radius 1 is 1.24 bits per heavy atom. The van der Waals surface area contributed by atoms with Crippen LogP contribution in [0.15, 0.2) is 24.3 Å². The number of rotatable bonds is 2. The molecule has 0 bridgehead atoms. The summed E-state index contributed by atoms with van der Waals surface area (Å²) in [5.74, 6) is -1.87. The molecule has 2 N–H and O–H groups in total. The van der Waals surface area contributed by atoms with E-state index < -0.39 is 33.9 Å². The molecule has 7 heteroatoms. The molecule has 2 aliphatic heterocycles. The largest absolute Gasteiger partial charge is 0.481 e. The SMILES string of the molecule is O=C(O)C1Cc2ccccc2N(C2CS(=O)(=O)CC2O)C1. The van der Waals surface area contributed by atoms with Crippen LogP contribution in [-0.2, 0) is 21.1 Å². The molecule has 0 aromatic heterocycles. The first-order valence-corrected chi connectivity index (χ1v) is 8.65. The average molecular weight is 311 g/mol. The highest BCUT2D eigenvalue weighted by molar-refractivity contribution is 7.91. The number of carboxylic acids is 1. The van der Waals surface area contributed by atoms with Crippen molar-refractivity contribution >= 4 is 21.5 Å². The average Bonchev–Trinajstić information content (AvgIpc) is 2.70. The summed E-state index contributed by atoms with van der Waals surface area (Å²) in [5.41, 5.74) is 1.71. The first-order valence-electron chi connectivity index (χ1n) is 6.83. The molecule has 0 radical (unpaired) electrons. The lowest BCUT2D eigenvalue weighted by atomic mass is 9.91. The minimum atomic E-state index is -3.27. The number of aliphatic hydroxyl groups excluding tert-OH is 1. The fourth-order valence-electron chi connectivity index (χ4n) is 3.22. The van der Waals surface area contributed by atoms with Gasteiger partial charge in [-0.3, -0.25) is 4.79 Å². The van der Waals surface area contributed by atoms with Crippen LogP contribution in [0.5, 0.6) is 0 Å². The third-order valence-corrected chi connectivity index (χ3v) is 5.93. The zero-order valence-electron chi connectivity index (χ0n) is 11.3. The van der Waals surface area contributed by atoms with Crippen LogP contribution in [0.1, 0.15) is 5.56 Å². The van der Waals surface area contributed by atoms with Crippen LogP contribution in [0.4, 0.5) is 5.69 Å². The second-order valence-corrected chi connectivity index (χ2v) is 7.89. The number of sulfone groups is 1. The Bertz CT molecular complexity index is 672. The molecule has 2 aliphatic rings. The Kier molecular flexibility index (Phi) is 3.41. The molecule has 0 saturated carbocycles. The van der Waals surface area contributed by atoms with Crippen molar-refractivity contribution in [2.45, 2.75) is 18.6 Å². The number of aliphatic carboxylic acids is 1. The predicted octanol–water partition coefficient (Wildman–Crippen LogP) is -0.0922. The highest BCUT2D eigenvalue weighted by Gasteiger charge is 2.43. The summed E-state index contributed by atoms with van der Waals surface area (Å²) in [6.45, 7) is 0.226. The van der Waals surface area contributed by atoms with Gasteiger partial charge in [-0.1, -0.05) is 18.2 Å². The van der Waals surface area contributed by atoms with Crippen molar-refractivity contribution in [2.24, 2.45) is 5.92 Å². The number of fused-ring (bicyclic) bond motifs is 1. The molecule has 114 valence electrons. The number of aliphatic hydroxyl groups is 1. The van der Waals surface area contributed by atoms with Gasteiger partial charge in [-0.05, 0) is 18.1 Å². The van der Waals surface area contributed by atoms with Crippen LogP contribution in [0.25, 0.3) is 0 Å². The van der Waals surface area contributed by atoms with Gasteiger partial charge < -0.3 is 15.1 Å². The van der Waals surface area contributed by atoms with Crippen molar-refractivity contribution in [3.05, 3.63) is 29.8 Å². The first kappa shape index (κ1) is 14.3. The number of hydrogen-bond acceptors (Lipinski definition) is 5. The molecule has 0 spiro atoms. The smallest absolute Gasteiger partial charge is 0.308 e. The van der Waals surface area contributed by atoms with Gasteiger partial charge in [0.2, 0.25) is 0 Å². The molecule has 6 nitrogen and oxygen atoms in total. The fourth-order valence-corrected chi connectivity index (χ4v) is 5.02. The predicted molar refractivity (Wildman–Crippen MR) is 77.1 cm³/mol. The zero-order valence-corrected chi connectivity index (χ0v) is 12.2. The Hall–Kier alpha value is -1.60. The maximum absolute atomic E-state index is 11.7. The molecular weight excluding hydrogens is 294 g/mol. The van der Waals surface area contributed by atoms with Crippen LogP contribution < -0.4 is 4.90 Å². The summed E-state index contributed by atoms with van der Waals surface area (Å²) >= 11 is 0. The third-order valence-electron chi connectivity index (χ3n) is 4.23. The van der Waals surface area contributed by atoms with E-state index in [4.69, 9.17) is 0 Å². The maximum Gasteiger partial charge on any atom is 0.308 e. The summed E-state index contributed by atoms with van der Waals surface area (Å²) in [6, 6.07) is 6.81. The number of anilines is 1. The number of benzene rings is 1. The first-order chi connectivity index (χ1) is 9.87. The van der Waals surface area contributed by atoms with Gasteiger partial charge in [0, 0.05) is 12.2 Å². The van der Waals surface area contributed by atoms with E-state index in [9.17, 15) is 23.4 Å². The number of carbonyl (C=O) groups is 1. The molecule has 1 fully saturated rings. The normalized spacial score (nSPS) is 30.9. The van der Waals surface area contributed by atoms with Crippen molar-refractivity contribution in [2.75, 3.05) is 23.0 Å². The van der Waals surface area contributed by atoms with Crippen LogP contribution in [0.2, 0.25) is 0 Å². The standard InChI is InChI=1S/C14H17NO5S/c16-13-8-21(19,20)7-12(13)15-6-10(14(17)18)5-9-3-1-2-4-11(9)15/h1-4,10,12-13,16H,5-8H2,(H,17,18). The molecule has 2 heterocycles. The molecule has 1 aromatic carbocycles. The summed E-state index contributed by atoms with van der Waals surface area (Å²) < 4.78 is 23.4. The highest BCUT2D eigenvalue weighted by atomic mass is 32.2. The van der Waals surface area contributed by atoms with Gasteiger partial charge >= 0.3 is 5.97 Å². The van der Waals surface area contributed by atoms with Crippen molar-refractivity contribution in [1.82, 2.24) is 0 Å². The van der Waals surface area contributed by atoms with Crippen molar-refractivity contribution in [1.29, 1.82) is 0 Å². The Balaban J connectivity index is 1.99. The van der Waals surface area contributed by atoms with Crippen molar-refractivity contribution in [3.63, 3.8) is 0 Å². The Morgan fingerprint density at radius 2 is 1.95 bits per heavy atom. The summed E-state index contributed by atoms with van der Waals surface area (Å²) in [4.78, 5) is 13.1. The fraction of sp³-hybridized carbons (Fsp3) is 0.500. The van der Waals surface area contributed by atoms with Gasteiger partial charge in [0.05, 0.1) is 29.6 Å². The lowest BCUT2D eigenvalue weighted by Gasteiger charge is -2.39. The summed E-state index contributed by atoms with van der Waals surface area (Å²) in [5, 5.41) is 19.3. The van der Waals surface area contributed by atoms with E-state index in [0.717, 1.165) is 11.3 Å². The lowest BCUT2D eigenvalue weighted by molar-refractivity contribution is -0.141. The topological polar surface area (TPSA) is 94.9 Å². The number of hydrogen-bond donors (Lipinski definition) is 2. The minimum Gasteiger partial charge on any atom is -0.481 e. The quantitative estimate of drug-likeness (QED) is 0.792.